The normalized spacial score (nSPS) is 22.2. The molecule has 1 atom stereocenters. The van der Waals surface area contributed by atoms with E-state index in [9.17, 15) is 0 Å². The maximum Gasteiger partial charge on any atom is 0.126 e. The summed E-state index contributed by atoms with van der Waals surface area (Å²) in [6, 6.07) is 2.27. The van der Waals surface area contributed by atoms with Crippen LogP contribution in [0.1, 0.15) is 37.7 Å². The largest absolute Gasteiger partial charge is 0.344 e. The Balaban J connectivity index is 2.18. The lowest BCUT2D eigenvalue weighted by atomic mass is 9.95. The minimum Gasteiger partial charge on any atom is -0.344 e. The molecule has 1 fully saturated rings. The molecule has 1 aliphatic rings. The maximum absolute atomic E-state index is 9.05. The Morgan fingerprint density at radius 1 is 1.62 bits per heavy atom. The highest BCUT2D eigenvalue weighted by atomic mass is 15.1. The number of hydrogen-bond acceptors (Lipinski definition) is 3. The van der Waals surface area contributed by atoms with Crippen molar-refractivity contribution >= 4 is 0 Å². The van der Waals surface area contributed by atoms with Crippen molar-refractivity contribution in [2.75, 3.05) is 20.1 Å². The van der Waals surface area contributed by atoms with Crippen LogP contribution in [0.4, 0.5) is 0 Å². The lowest BCUT2D eigenvalue weighted by Crippen LogP contribution is -2.16. The number of aromatic amines is 1. The third kappa shape index (κ3) is 1.96. The summed E-state index contributed by atoms with van der Waals surface area (Å²) in [6.07, 6.45) is 3.06. The maximum atomic E-state index is 9.05. The molecule has 1 unspecified atom stereocenters. The molecule has 2 rings (SSSR count). The van der Waals surface area contributed by atoms with Crippen molar-refractivity contribution in [1.82, 2.24) is 14.9 Å². The number of nitrogens with one attached hydrogen (secondary N) is 1. The predicted molar refractivity (Wildman–Crippen MR) is 62.1 cm³/mol. The molecule has 1 saturated heterocycles. The van der Waals surface area contributed by atoms with E-state index in [2.05, 4.69) is 28.0 Å². The van der Waals surface area contributed by atoms with Gasteiger partial charge in [-0.1, -0.05) is 0 Å². The van der Waals surface area contributed by atoms with Gasteiger partial charge in [-0.05, 0) is 33.9 Å². The summed E-state index contributed by atoms with van der Waals surface area (Å²) in [5, 5.41) is 9.05. The Morgan fingerprint density at radius 2 is 2.38 bits per heavy atom. The van der Waals surface area contributed by atoms with Gasteiger partial charge in [-0.25, -0.2) is 4.98 Å². The number of imidazole rings is 1. The number of H-pyrrole nitrogens is 1. The van der Waals surface area contributed by atoms with Gasteiger partial charge in [0.1, 0.15) is 11.2 Å². The van der Waals surface area contributed by atoms with Gasteiger partial charge in [-0.2, -0.15) is 5.26 Å². The minimum atomic E-state index is -0.525. The first-order chi connectivity index (χ1) is 7.53. The molecule has 1 aromatic heterocycles. The van der Waals surface area contributed by atoms with Crippen molar-refractivity contribution in [3.05, 3.63) is 17.7 Å². The number of rotatable bonds is 2. The van der Waals surface area contributed by atoms with Crippen LogP contribution in [-0.2, 0) is 5.41 Å². The second-order valence-corrected chi connectivity index (χ2v) is 5.17. The summed E-state index contributed by atoms with van der Waals surface area (Å²) in [5.41, 5.74) is 0.644. The fourth-order valence-electron chi connectivity index (χ4n) is 2.10. The van der Waals surface area contributed by atoms with Crippen LogP contribution in [0, 0.1) is 11.3 Å². The van der Waals surface area contributed by atoms with Gasteiger partial charge in [0, 0.05) is 24.4 Å². The zero-order chi connectivity index (χ0) is 11.8. The molecule has 1 N–H and O–H groups in total. The molecule has 0 spiro atoms. The van der Waals surface area contributed by atoms with Gasteiger partial charge in [0.2, 0.25) is 0 Å². The Morgan fingerprint density at radius 3 is 2.94 bits per heavy atom. The van der Waals surface area contributed by atoms with Gasteiger partial charge in [0.25, 0.3) is 0 Å². The highest BCUT2D eigenvalue weighted by Gasteiger charge is 2.27. The van der Waals surface area contributed by atoms with Crippen molar-refractivity contribution < 1.29 is 0 Å². The molecule has 4 heteroatoms. The smallest absolute Gasteiger partial charge is 0.126 e. The number of likely N-dealkylation sites (tertiary alicyclic amines) is 1. The van der Waals surface area contributed by atoms with Crippen molar-refractivity contribution in [3.8, 4) is 6.07 Å². The van der Waals surface area contributed by atoms with Crippen LogP contribution in [0.15, 0.2) is 6.20 Å². The summed E-state index contributed by atoms with van der Waals surface area (Å²) >= 11 is 0. The number of nitrogens with zero attached hydrogens (tertiary/aromatic N) is 3. The van der Waals surface area contributed by atoms with Gasteiger partial charge >= 0.3 is 0 Å². The summed E-state index contributed by atoms with van der Waals surface area (Å²) in [7, 11) is 2.14. The van der Waals surface area contributed by atoms with Crippen LogP contribution < -0.4 is 0 Å². The van der Waals surface area contributed by atoms with E-state index in [0.29, 0.717) is 5.92 Å². The van der Waals surface area contributed by atoms with Crippen molar-refractivity contribution in [2.45, 2.75) is 31.6 Å². The summed E-state index contributed by atoms with van der Waals surface area (Å²) in [4.78, 5) is 9.96. The quantitative estimate of drug-likeness (QED) is 0.820. The summed E-state index contributed by atoms with van der Waals surface area (Å²) in [6.45, 7) is 5.99. The molecule has 2 heterocycles. The summed E-state index contributed by atoms with van der Waals surface area (Å²) < 4.78 is 0. The topological polar surface area (TPSA) is 55.7 Å². The number of nitriles is 1. The monoisotopic (exact) mass is 218 g/mol. The first-order valence-corrected chi connectivity index (χ1v) is 5.68. The number of hydrogen-bond donors (Lipinski definition) is 1. The van der Waals surface area contributed by atoms with Gasteiger partial charge in [0.15, 0.2) is 0 Å². The Bertz CT molecular complexity index is 413. The summed E-state index contributed by atoms with van der Waals surface area (Å²) in [5.74, 6) is 1.32. The Kier molecular flexibility index (Phi) is 2.73. The average Bonchev–Trinajstić information content (AvgIpc) is 2.85. The molecule has 4 nitrogen and oxygen atoms in total. The molecular weight excluding hydrogens is 200 g/mol. The van der Waals surface area contributed by atoms with Crippen LogP contribution >= 0.6 is 0 Å². The third-order valence-corrected chi connectivity index (χ3v) is 3.30. The molecular formula is C12H18N4. The van der Waals surface area contributed by atoms with Crippen LogP contribution in [0.25, 0.3) is 0 Å². The van der Waals surface area contributed by atoms with Gasteiger partial charge < -0.3 is 9.88 Å². The highest BCUT2D eigenvalue weighted by molar-refractivity contribution is 5.20. The second-order valence-electron chi connectivity index (χ2n) is 5.17. The van der Waals surface area contributed by atoms with Crippen LogP contribution in [0.2, 0.25) is 0 Å². The first kappa shape index (κ1) is 11.2. The molecule has 0 saturated carbocycles. The molecule has 0 aromatic carbocycles. The molecule has 16 heavy (non-hydrogen) atoms. The predicted octanol–water partition coefficient (Wildman–Crippen LogP) is 1.63. The zero-order valence-corrected chi connectivity index (χ0v) is 10.1. The highest BCUT2D eigenvalue weighted by Crippen LogP contribution is 2.27. The Labute approximate surface area is 96.3 Å². The van der Waals surface area contributed by atoms with Gasteiger partial charge in [-0.3, -0.25) is 0 Å². The Hall–Kier alpha value is -1.34. The molecule has 0 radical (unpaired) electrons. The van der Waals surface area contributed by atoms with E-state index in [4.69, 9.17) is 5.26 Å². The molecule has 0 aliphatic carbocycles. The molecule has 1 aromatic rings. The molecule has 0 amide bonds. The van der Waals surface area contributed by atoms with Gasteiger partial charge in [0.05, 0.1) is 6.07 Å². The number of aromatic nitrogens is 2. The van der Waals surface area contributed by atoms with E-state index in [1.807, 2.05) is 20.0 Å². The second kappa shape index (κ2) is 3.91. The van der Waals surface area contributed by atoms with E-state index in [1.165, 1.54) is 12.1 Å². The van der Waals surface area contributed by atoms with Crippen molar-refractivity contribution in [1.29, 1.82) is 5.26 Å². The van der Waals surface area contributed by atoms with Crippen LogP contribution in [0.3, 0.4) is 0 Å². The van der Waals surface area contributed by atoms with Crippen LogP contribution in [-0.4, -0.2) is 35.0 Å². The van der Waals surface area contributed by atoms with Crippen molar-refractivity contribution in [2.24, 2.45) is 0 Å². The van der Waals surface area contributed by atoms with Crippen molar-refractivity contribution in [3.63, 3.8) is 0 Å². The molecule has 1 aliphatic heterocycles. The van der Waals surface area contributed by atoms with E-state index in [-0.39, 0.29) is 0 Å². The average molecular weight is 218 g/mol. The van der Waals surface area contributed by atoms with E-state index in [1.54, 1.807) is 0 Å². The van der Waals surface area contributed by atoms with E-state index >= 15 is 0 Å². The first-order valence-electron chi connectivity index (χ1n) is 5.68. The van der Waals surface area contributed by atoms with Crippen LogP contribution in [0.5, 0.6) is 0 Å². The SMILES string of the molecule is CN1CCC(c2cnc(C(C)(C)C#N)[nH]2)C1. The lowest BCUT2D eigenvalue weighted by molar-refractivity contribution is 0.410. The molecule has 86 valence electrons. The molecule has 0 bridgehead atoms. The van der Waals surface area contributed by atoms with E-state index < -0.39 is 5.41 Å². The standard InChI is InChI=1S/C12H18N4/c1-12(2,8-13)11-14-6-10(15-11)9-4-5-16(3)7-9/h6,9H,4-5,7H2,1-3H3,(H,14,15). The lowest BCUT2D eigenvalue weighted by Gasteiger charge is -2.12. The zero-order valence-electron chi connectivity index (χ0n) is 10.1. The van der Waals surface area contributed by atoms with E-state index in [0.717, 1.165) is 18.9 Å². The third-order valence-electron chi connectivity index (χ3n) is 3.30. The fraction of sp³-hybridized carbons (Fsp3) is 0.667. The fourth-order valence-corrected chi connectivity index (χ4v) is 2.10. The minimum absolute atomic E-state index is 0.525. The number of likely N-dealkylation sites (N-methyl/N-ethyl adjacent to an activating group) is 1. The van der Waals surface area contributed by atoms with Gasteiger partial charge in [-0.15, -0.1) is 0 Å².